The number of aliphatic imine (C=N–C) groups is 1. The molecule has 7 nitrogen and oxygen atoms in total. The van der Waals surface area contributed by atoms with E-state index in [1.54, 1.807) is 0 Å². The van der Waals surface area contributed by atoms with Crippen LogP contribution in [0.5, 0.6) is 0 Å². The van der Waals surface area contributed by atoms with E-state index in [0.717, 1.165) is 62.0 Å². The number of aromatic nitrogens is 2. The van der Waals surface area contributed by atoms with Gasteiger partial charge in [0, 0.05) is 70.3 Å². The molecule has 3 rings (SSSR count). The van der Waals surface area contributed by atoms with Crippen molar-refractivity contribution in [2.75, 3.05) is 57.8 Å². The monoisotopic (exact) mass is 393 g/mol. The summed E-state index contributed by atoms with van der Waals surface area (Å²) in [6, 6.07) is 0.638. The van der Waals surface area contributed by atoms with Crippen molar-refractivity contribution in [3.05, 3.63) is 5.82 Å². The average Bonchev–Trinajstić information content (AvgIpc) is 3.32. The van der Waals surface area contributed by atoms with Crippen LogP contribution in [0.4, 0.5) is 5.13 Å². The fourth-order valence-corrected chi connectivity index (χ4v) is 4.80. The topological polar surface area (TPSA) is 59.9 Å². The van der Waals surface area contributed by atoms with E-state index in [2.05, 4.69) is 55.1 Å². The van der Waals surface area contributed by atoms with Crippen molar-refractivity contribution < 1.29 is 0 Å². The normalized spacial score (nSPS) is 22.1. The van der Waals surface area contributed by atoms with E-state index >= 15 is 0 Å². The van der Waals surface area contributed by atoms with Gasteiger partial charge in [-0.1, -0.05) is 20.8 Å². The smallest absolute Gasteiger partial charge is 0.205 e. The highest BCUT2D eigenvalue weighted by Gasteiger charge is 2.26. The van der Waals surface area contributed by atoms with Crippen molar-refractivity contribution in [3.8, 4) is 0 Å². The molecule has 0 saturated carbocycles. The average molecular weight is 394 g/mol. The molecule has 8 heteroatoms. The Kier molecular flexibility index (Phi) is 7.29. The van der Waals surface area contributed by atoms with Gasteiger partial charge < -0.3 is 15.1 Å². The van der Waals surface area contributed by atoms with Crippen molar-refractivity contribution in [1.82, 2.24) is 24.5 Å². The Morgan fingerprint density at radius 3 is 2.67 bits per heavy atom. The molecule has 0 bridgehead atoms. The number of anilines is 1. The van der Waals surface area contributed by atoms with Crippen LogP contribution in [0, 0.1) is 5.92 Å². The highest BCUT2D eigenvalue weighted by Crippen LogP contribution is 2.20. The Labute approximate surface area is 168 Å². The van der Waals surface area contributed by atoms with Crippen molar-refractivity contribution in [2.24, 2.45) is 10.9 Å². The van der Waals surface area contributed by atoms with Gasteiger partial charge in [-0.05, 0) is 25.3 Å². The van der Waals surface area contributed by atoms with Gasteiger partial charge >= 0.3 is 0 Å². The second kappa shape index (κ2) is 9.68. The summed E-state index contributed by atoms with van der Waals surface area (Å²) in [7, 11) is 1.90. The third kappa shape index (κ3) is 5.31. The number of nitrogens with one attached hydrogen (secondary N) is 1. The van der Waals surface area contributed by atoms with Crippen molar-refractivity contribution in [3.63, 3.8) is 0 Å². The standard InChI is InChI=1S/C19H35N7S/c1-5-17-22-19(27-23-17)25-11-9-24(10-12-25)18(20-4)21-13-16-7-6-8-26(16)14-15(2)3/h15-16H,5-14H2,1-4H3,(H,20,21)/t16-/m1/s1. The maximum atomic E-state index is 4.63. The first-order valence-electron chi connectivity index (χ1n) is 10.4. The van der Waals surface area contributed by atoms with E-state index in [-0.39, 0.29) is 0 Å². The molecule has 0 unspecified atom stereocenters. The zero-order chi connectivity index (χ0) is 19.2. The third-order valence-corrected chi connectivity index (χ3v) is 6.24. The van der Waals surface area contributed by atoms with Crippen LogP contribution in [-0.2, 0) is 6.42 Å². The van der Waals surface area contributed by atoms with Gasteiger partial charge in [-0.15, -0.1) is 0 Å². The molecule has 2 saturated heterocycles. The van der Waals surface area contributed by atoms with E-state index in [1.807, 2.05) is 7.05 Å². The largest absolute Gasteiger partial charge is 0.355 e. The third-order valence-electron chi connectivity index (χ3n) is 5.43. The Hall–Kier alpha value is -1.41. The Morgan fingerprint density at radius 2 is 2.04 bits per heavy atom. The maximum absolute atomic E-state index is 4.63. The fourth-order valence-electron chi connectivity index (χ4n) is 4.00. The summed E-state index contributed by atoms with van der Waals surface area (Å²) < 4.78 is 4.42. The molecular weight excluding hydrogens is 358 g/mol. The summed E-state index contributed by atoms with van der Waals surface area (Å²) in [5.74, 6) is 2.72. The zero-order valence-electron chi connectivity index (χ0n) is 17.3. The molecule has 1 N–H and O–H groups in total. The quantitative estimate of drug-likeness (QED) is 0.589. The van der Waals surface area contributed by atoms with Crippen LogP contribution in [-0.4, -0.2) is 84.0 Å². The lowest BCUT2D eigenvalue weighted by atomic mass is 10.1. The van der Waals surface area contributed by atoms with Crippen LogP contribution < -0.4 is 10.2 Å². The summed E-state index contributed by atoms with van der Waals surface area (Å²) >= 11 is 1.52. The van der Waals surface area contributed by atoms with Crippen LogP contribution in [0.1, 0.15) is 39.4 Å². The number of hydrogen-bond donors (Lipinski definition) is 1. The number of likely N-dealkylation sites (tertiary alicyclic amines) is 1. The van der Waals surface area contributed by atoms with Crippen LogP contribution >= 0.6 is 11.5 Å². The van der Waals surface area contributed by atoms with Gasteiger partial charge in [-0.2, -0.15) is 4.37 Å². The summed E-state index contributed by atoms with van der Waals surface area (Å²) in [5.41, 5.74) is 0. The first-order chi connectivity index (χ1) is 13.1. The second-order valence-corrected chi connectivity index (χ2v) is 8.66. The predicted octanol–water partition coefficient (Wildman–Crippen LogP) is 1.92. The lowest BCUT2D eigenvalue weighted by Gasteiger charge is -2.37. The number of piperazine rings is 1. The predicted molar refractivity (Wildman–Crippen MR) is 114 cm³/mol. The van der Waals surface area contributed by atoms with Crippen molar-refractivity contribution >= 4 is 22.6 Å². The summed E-state index contributed by atoms with van der Waals surface area (Å²) in [4.78, 5) is 16.5. The van der Waals surface area contributed by atoms with E-state index in [9.17, 15) is 0 Å². The van der Waals surface area contributed by atoms with E-state index < -0.39 is 0 Å². The number of hydrogen-bond acceptors (Lipinski definition) is 6. The molecule has 1 aromatic heterocycles. The molecular formula is C19H35N7S. The summed E-state index contributed by atoms with van der Waals surface area (Å²) in [6.07, 6.45) is 3.52. The fraction of sp³-hybridized carbons (Fsp3) is 0.842. The lowest BCUT2D eigenvalue weighted by Crippen LogP contribution is -2.54. The van der Waals surface area contributed by atoms with E-state index in [0.29, 0.717) is 6.04 Å². The molecule has 0 aromatic carbocycles. The van der Waals surface area contributed by atoms with Gasteiger partial charge in [0.1, 0.15) is 5.82 Å². The molecule has 0 spiro atoms. The molecule has 1 aromatic rings. The van der Waals surface area contributed by atoms with Gasteiger partial charge in [0.05, 0.1) is 0 Å². The van der Waals surface area contributed by atoms with E-state index in [1.165, 1.54) is 37.5 Å². The van der Waals surface area contributed by atoms with Crippen LogP contribution in [0.15, 0.2) is 4.99 Å². The molecule has 2 fully saturated rings. The van der Waals surface area contributed by atoms with E-state index in [4.69, 9.17) is 0 Å². The summed E-state index contributed by atoms with van der Waals surface area (Å²) in [6.45, 7) is 14.0. The molecule has 3 heterocycles. The molecule has 2 aliphatic heterocycles. The van der Waals surface area contributed by atoms with Crippen LogP contribution in [0.25, 0.3) is 0 Å². The first kappa shape index (κ1) is 20.3. The minimum Gasteiger partial charge on any atom is -0.355 e. The van der Waals surface area contributed by atoms with Crippen LogP contribution in [0.2, 0.25) is 0 Å². The lowest BCUT2D eigenvalue weighted by molar-refractivity contribution is 0.225. The highest BCUT2D eigenvalue weighted by atomic mass is 32.1. The molecule has 152 valence electrons. The number of nitrogens with zero attached hydrogens (tertiary/aromatic N) is 6. The van der Waals surface area contributed by atoms with Gasteiger partial charge in [-0.25, -0.2) is 4.98 Å². The molecule has 0 amide bonds. The number of guanidine groups is 1. The first-order valence-corrected chi connectivity index (χ1v) is 11.1. The molecule has 2 aliphatic rings. The van der Waals surface area contributed by atoms with Gasteiger partial charge in [0.2, 0.25) is 5.13 Å². The SMILES string of the molecule is CCc1nsc(N2CCN(C(=NC)NC[C@H]3CCCN3CC(C)C)CC2)n1. The molecule has 27 heavy (non-hydrogen) atoms. The maximum Gasteiger partial charge on any atom is 0.205 e. The summed E-state index contributed by atoms with van der Waals surface area (Å²) in [5, 5.41) is 4.70. The Morgan fingerprint density at radius 1 is 1.26 bits per heavy atom. The molecule has 1 atom stereocenters. The Bertz CT molecular complexity index is 607. The second-order valence-electron chi connectivity index (χ2n) is 7.93. The highest BCUT2D eigenvalue weighted by molar-refractivity contribution is 7.09. The van der Waals surface area contributed by atoms with Gasteiger partial charge in [0.25, 0.3) is 0 Å². The molecule has 0 aliphatic carbocycles. The minimum atomic E-state index is 0.638. The molecule has 0 radical (unpaired) electrons. The minimum absolute atomic E-state index is 0.638. The van der Waals surface area contributed by atoms with Crippen LogP contribution in [0.3, 0.4) is 0 Å². The number of aryl methyl sites for hydroxylation is 1. The van der Waals surface area contributed by atoms with Gasteiger partial charge in [-0.3, -0.25) is 9.89 Å². The number of rotatable bonds is 6. The van der Waals surface area contributed by atoms with Crippen molar-refractivity contribution in [2.45, 2.75) is 46.1 Å². The Balaban J connectivity index is 1.47. The van der Waals surface area contributed by atoms with Crippen molar-refractivity contribution in [1.29, 1.82) is 0 Å². The zero-order valence-corrected chi connectivity index (χ0v) is 18.1. The van der Waals surface area contributed by atoms with Gasteiger partial charge in [0.15, 0.2) is 5.96 Å².